The second kappa shape index (κ2) is 26.2. The molecule has 0 saturated heterocycles. The molecular formula is C114H64N6O3S. The lowest BCUT2D eigenvalue weighted by atomic mass is 9.65. The van der Waals surface area contributed by atoms with Crippen molar-refractivity contribution in [3.05, 3.63) is 433 Å². The summed E-state index contributed by atoms with van der Waals surface area (Å²) >= 11 is 1.74. The summed E-state index contributed by atoms with van der Waals surface area (Å²) in [5.41, 5.74) is 29.5. The van der Waals surface area contributed by atoms with E-state index in [0.717, 1.165) is 210 Å². The molecule has 574 valence electrons. The Morgan fingerprint density at radius 3 is 1.31 bits per heavy atom. The van der Waals surface area contributed by atoms with Gasteiger partial charge in [0.1, 0.15) is 34.2 Å². The zero-order chi connectivity index (χ0) is 81.0. The molecule has 4 aliphatic rings. The second-order valence-electron chi connectivity index (χ2n) is 32.9. The number of benzene rings is 17. The average molecular weight is 1600 g/mol. The van der Waals surface area contributed by atoms with Crippen molar-refractivity contribution in [3.63, 3.8) is 0 Å². The first-order valence-electron chi connectivity index (χ1n) is 42.0. The van der Waals surface area contributed by atoms with Crippen LogP contribution < -0.4 is 9.47 Å². The van der Waals surface area contributed by atoms with Crippen molar-refractivity contribution in [2.45, 2.75) is 10.8 Å². The maximum Gasteiger partial charge on any atom is 0.160 e. The lowest BCUT2D eigenvalue weighted by molar-refractivity contribution is 0.437. The fourth-order valence-corrected chi connectivity index (χ4v) is 22.2. The molecule has 0 amide bonds. The Morgan fingerprint density at radius 1 is 0.226 bits per heavy atom. The number of pyridine rings is 2. The molecule has 0 bridgehead atoms. The van der Waals surface area contributed by atoms with Crippen LogP contribution in [0, 0.1) is 0 Å². The minimum absolute atomic E-state index is 0.607. The van der Waals surface area contributed by atoms with Crippen molar-refractivity contribution in [2.75, 3.05) is 0 Å². The molecular weight excluding hydrogens is 1530 g/mol. The van der Waals surface area contributed by atoms with Gasteiger partial charge in [-0.15, -0.1) is 11.3 Å². The van der Waals surface area contributed by atoms with E-state index in [4.69, 9.17) is 43.8 Å². The highest BCUT2D eigenvalue weighted by atomic mass is 32.1. The van der Waals surface area contributed by atoms with E-state index in [2.05, 4.69) is 340 Å². The van der Waals surface area contributed by atoms with Crippen LogP contribution in [0.2, 0.25) is 0 Å². The predicted octanol–water partition coefficient (Wildman–Crippen LogP) is 29.2. The second-order valence-corrected chi connectivity index (χ2v) is 33.9. The summed E-state index contributed by atoms with van der Waals surface area (Å²) in [5, 5.41) is 9.33. The predicted molar refractivity (Wildman–Crippen MR) is 502 cm³/mol. The standard InChI is InChI=1S/C114H64N6O3S/c1-4-25-66(26-5-1)105-85-62-103-94(61-83(85)77-55-52-72(59-97(77)116-105)107-110-108(81-35-14-23-46-104(81)124-110)120-112(119-107)69-29-8-3-9-30-69)114(92-42-19-22-45-101(92)122-103)89-40-17-12-33-75(89)84-57-70(53-56-90(84)114)65-47-49-67(50-48-65)106-86-63-102-93(113(91-41-18-21-44-100(91)121-102)87-38-15-10-31-73(87)74-32-11-16-39-88(74)113)60-82(86)76-54-51-71(58-96(76)115-106)95-64-98(118-111(117-95)68-27-6-2-7-28-68)80-37-24-36-79-78-34-13-20-43-99(78)123-109(79)80/h1-64H. The first kappa shape index (κ1) is 68.7. The summed E-state index contributed by atoms with van der Waals surface area (Å²) in [4.78, 5) is 33.0. The number of rotatable bonds is 8. The molecule has 17 aromatic carbocycles. The van der Waals surface area contributed by atoms with Crippen LogP contribution in [0.5, 0.6) is 23.0 Å². The summed E-state index contributed by atoms with van der Waals surface area (Å²) in [6.45, 7) is 0. The molecule has 6 aromatic heterocycles. The maximum atomic E-state index is 7.30. The van der Waals surface area contributed by atoms with Gasteiger partial charge in [0.2, 0.25) is 0 Å². The minimum Gasteiger partial charge on any atom is -0.457 e. The van der Waals surface area contributed by atoms with Gasteiger partial charge in [-0.2, -0.15) is 0 Å². The third-order valence-corrected chi connectivity index (χ3v) is 27.6. The van der Waals surface area contributed by atoms with Crippen molar-refractivity contribution in [1.29, 1.82) is 0 Å². The van der Waals surface area contributed by atoms with E-state index in [0.29, 0.717) is 11.6 Å². The molecule has 27 rings (SSSR count). The van der Waals surface area contributed by atoms with Crippen LogP contribution in [-0.2, 0) is 10.8 Å². The average Bonchev–Trinajstić information content (AvgIpc) is 1.48. The van der Waals surface area contributed by atoms with Crippen molar-refractivity contribution >= 4 is 96.9 Å². The molecule has 2 aliphatic heterocycles. The van der Waals surface area contributed by atoms with Crippen molar-refractivity contribution in [1.82, 2.24) is 29.9 Å². The van der Waals surface area contributed by atoms with Gasteiger partial charge in [-0.25, -0.2) is 29.9 Å². The quantitative estimate of drug-likeness (QED) is 0.137. The van der Waals surface area contributed by atoms with Gasteiger partial charge in [0.05, 0.1) is 60.5 Å². The number of hydrogen-bond donors (Lipinski definition) is 0. The Bertz CT molecular complexity index is 8530. The normalized spacial score (nSPS) is 14.2. The van der Waals surface area contributed by atoms with Crippen molar-refractivity contribution < 1.29 is 13.9 Å². The van der Waals surface area contributed by atoms with Gasteiger partial charge in [0, 0.05) is 104 Å². The Hall–Kier alpha value is -16.1. The molecule has 9 nitrogen and oxygen atoms in total. The largest absolute Gasteiger partial charge is 0.457 e. The molecule has 8 heterocycles. The number of aromatic nitrogens is 6. The lowest BCUT2D eigenvalue weighted by Crippen LogP contribution is -2.32. The number of para-hydroxylation sites is 4. The maximum absolute atomic E-state index is 7.30. The number of fused-ring (bicyclic) bond motifs is 30. The van der Waals surface area contributed by atoms with E-state index in [9.17, 15) is 0 Å². The summed E-state index contributed by atoms with van der Waals surface area (Å²) in [5.74, 6) is 4.51. The molecule has 2 aliphatic carbocycles. The zero-order valence-electron chi connectivity index (χ0n) is 66.3. The zero-order valence-corrected chi connectivity index (χ0v) is 67.1. The van der Waals surface area contributed by atoms with E-state index in [1.165, 1.54) is 43.6 Å². The smallest absolute Gasteiger partial charge is 0.160 e. The Balaban J connectivity index is 0.628. The molecule has 0 fully saturated rings. The highest BCUT2D eigenvalue weighted by Gasteiger charge is 2.53. The molecule has 0 radical (unpaired) electrons. The summed E-state index contributed by atoms with van der Waals surface area (Å²) in [6.07, 6.45) is 0. The van der Waals surface area contributed by atoms with E-state index < -0.39 is 10.8 Å². The van der Waals surface area contributed by atoms with Crippen LogP contribution in [0.3, 0.4) is 0 Å². The molecule has 1 unspecified atom stereocenters. The topological polar surface area (TPSA) is 109 Å². The third-order valence-electron chi connectivity index (χ3n) is 26.4. The Labute approximate surface area is 714 Å². The minimum atomic E-state index is -0.793. The fraction of sp³-hybridized carbons (Fsp3) is 0.0175. The number of ether oxygens (including phenoxy) is 2. The number of nitrogens with zero attached hydrogens (tertiary/aromatic N) is 6. The number of furan rings is 1. The van der Waals surface area contributed by atoms with E-state index in [1.54, 1.807) is 11.3 Å². The fourth-order valence-electron chi connectivity index (χ4n) is 21.0. The van der Waals surface area contributed by atoms with Gasteiger partial charge in [0.15, 0.2) is 11.6 Å². The first-order chi connectivity index (χ1) is 61.4. The van der Waals surface area contributed by atoms with Crippen LogP contribution in [0.25, 0.3) is 198 Å². The molecule has 23 aromatic rings. The first-order valence-corrected chi connectivity index (χ1v) is 42.8. The Kier molecular flexibility index (Phi) is 14.5. The van der Waals surface area contributed by atoms with Crippen LogP contribution in [0.1, 0.15) is 44.5 Å². The van der Waals surface area contributed by atoms with Gasteiger partial charge < -0.3 is 13.9 Å². The molecule has 124 heavy (non-hydrogen) atoms. The molecule has 0 N–H and O–H groups in total. The molecule has 10 heteroatoms. The van der Waals surface area contributed by atoms with Gasteiger partial charge in [-0.1, -0.05) is 309 Å². The number of thiophene rings is 1. The number of hydrogen-bond acceptors (Lipinski definition) is 10. The molecule has 0 saturated carbocycles. The van der Waals surface area contributed by atoms with Crippen LogP contribution >= 0.6 is 11.3 Å². The van der Waals surface area contributed by atoms with Crippen LogP contribution in [0.4, 0.5) is 0 Å². The summed E-state index contributed by atoms with van der Waals surface area (Å²) < 4.78 is 23.5. The van der Waals surface area contributed by atoms with E-state index >= 15 is 0 Å². The highest BCUT2D eigenvalue weighted by Crippen LogP contribution is 2.66. The third kappa shape index (κ3) is 9.84. The molecule has 1 atom stereocenters. The monoisotopic (exact) mass is 1600 g/mol. The summed E-state index contributed by atoms with van der Waals surface area (Å²) in [7, 11) is 0. The van der Waals surface area contributed by atoms with Crippen LogP contribution in [-0.4, -0.2) is 29.9 Å². The van der Waals surface area contributed by atoms with Crippen molar-refractivity contribution in [2.24, 2.45) is 0 Å². The Morgan fingerprint density at radius 2 is 0.685 bits per heavy atom. The van der Waals surface area contributed by atoms with Gasteiger partial charge in [-0.3, -0.25) is 0 Å². The van der Waals surface area contributed by atoms with Gasteiger partial charge in [0.25, 0.3) is 0 Å². The van der Waals surface area contributed by atoms with E-state index in [1.807, 2.05) is 48.5 Å². The van der Waals surface area contributed by atoms with Crippen molar-refractivity contribution in [3.8, 4) is 135 Å². The molecule has 2 spiro atoms. The highest BCUT2D eigenvalue weighted by molar-refractivity contribution is 7.26. The van der Waals surface area contributed by atoms with Crippen LogP contribution in [0.15, 0.2) is 393 Å². The van der Waals surface area contributed by atoms with Gasteiger partial charge in [-0.05, 0) is 145 Å². The van der Waals surface area contributed by atoms with Gasteiger partial charge >= 0.3 is 0 Å². The lowest BCUT2D eigenvalue weighted by Gasteiger charge is -2.39. The van der Waals surface area contributed by atoms with E-state index in [-0.39, 0.29) is 0 Å². The SMILES string of the molecule is c1ccc(-c2nc(-c3ccc4c(c3)nc(-c3ccc(-c5ccc6c(c5)-c5ccccc5C65c6ccccc6Oc6cc7c(-c8ccccc8)nc8cc(-c9nc(-c%10ccccc%10)nc%10c9sc9ccccc9%10)ccc8c7cc65)cc3)c3cc5c(cc34)C3(c4ccccc4O5)c4ccccc4-c4ccccc43)cc(-c3cccc4c3oc3ccccc34)n2)cc1. The summed E-state index contributed by atoms with van der Waals surface area (Å²) in [6, 6.07) is 139.